The topological polar surface area (TPSA) is 38.8 Å². The second kappa shape index (κ2) is 8.60. The van der Waals surface area contributed by atoms with Crippen molar-refractivity contribution in [2.75, 3.05) is 0 Å². The third-order valence-electron chi connectivity index (χ3n) is 5.22. The van der Waals surface area contributed by atoms with E-state index in [0.29, 0.717) is 16.6 Å². The molecule has 1 fully saturated rings. The number of epoxide rings is 1. The molecule has 0 radical (unpaired) electrons. The molecule has 4 heteroatoms. The van der Waals surface area contributed by atoms with Crippen LogP contribution in [0.1, 0.15) is 74.1 Å². The van der Waals surface area contributed by atoms with Crippen molar-refractivity contribution >= 4 is 14.6 Å². The maximum absolute atomic E-state index is 11.0. The summed E-state index contributed by atoms with van der Waals surface area (Å²) in [5.41, 5.74) is 1.69. The monoisotopic (exact) mass is 328 g/mol. The molecule has 3 atom stereocenters. The van der Waals surface area contributed by atoms with Crippen LogP contribution >= 0.6 is 0 Å². The minimum atomic E-state index is -1.91. The zero-order chi connectivity index (χ0) is 16.9. The molecule has 0 aromatic heterocycles. The maximum atomic E-state index is 11.0. The molecule has 1 rings (SSSR count). The van der Waals surface area contributed by atoms with Crippen molar-refractivity contribution in [2.24, 2.45) is 0 Å². The van der Waals surface area contributed by atoms with Crippen molar-refractivity contribution in [1.82, 2.24) is 0 Å². The van der Waals surface area contributed by atoms with E-state index in [4.69, 9.17) is 9.16 Å². The molecular weight excluding hydrogens is 292 g/mol. The Balaban J connectivity index is 2.89. The molecular formula is C18H36O3Si. The van der Waals surface area contributed by atoms with E-state index in [1.807, 2.05) is 0 Å². The highest BCUT2D eigenvalue weighted by molar-refractivity contribution is 6.77. The van der Waals surface area contributed by atoms with Gasteiger partial charge in [-0.05, 0) is 23.0 Å². The fourth-order valence-electron chi connectivity index (χ4n) is 4.10. The van der Waals surface area contributed by atoms with Gasteiger partial charge in [-0.3, -0.25) is 0 Å². The molecule has 1 aliphatic heterocycles. The Labute approximate surface area is 138 Å². The summed E-state index contributed by atoms with van der Waals surface area (Å²) in [6.07, 6.45) is 5.40. The van der Waals surface area contributed by atoms with Crippen LogP contribution in [0.15, 0.2) is 0 Å². The van der Waals surface area contributed by atoms with E-state index >= 15 is 0 Å². The predicted molar refractivity (Wildman–Crippen MR) is 94.8 cm³/mol. The van der Waals surface area contributed by atoms with Gasteiger partial charge in [0.05, 0.1) is 6.10 Å². The van der Waals surface area contributed by atoms with Crippen LogP contribution in [0.25, 0.3) is 0 Å². The summed E-state index contributed by atoms with van der Waals surface area (Å²) in [4.78, 5) is 11.0. The second-order valence-corrected chi connectivity index (χ2v) is 13.1. The minimum Gasteiger partial charge on any atom is -0.410 e. The largest absolute Gasteiger partial charge is 0.410 e. The van der Waals surface area contributed by atoms with Gasteiger partial charge in [0.25, 0.3) is 0 Å². The summed E-state index contributed by atoms with van der Waals surface area (Å²) in [5, 5.41) is 0. The Morgan fingerprint density at radius 3 is 1.95 bits per heavy atom. The third-order valence-corrected chi connectivity index (χ3v) is 11.3. The van der Waals surface area contributed by atoms with Gasteiger partial charge in [0, 0.05) is 0 Å². The molecule has 1 heterocycles. The number of carbonyl (C=O) groups is 1. The number of rotatable bonds is 11. The first kappa shape index (κ1) is 19.9. The molecule has 0 aromatic rings. The van der Waals surface area contributed by atoms with Crippen molar-refractivity contribution in [2.45, 2.75) is 109 Å². The van der Waals surface area contributed by atoms with Gasteiger partial charge < -0.3 is 14.0 Å². The molecule has 130 valence electrons. The second-order valence-electron chi connectivity index (χ2n) is 7.67. The fourth-order valence-corrected chi connectivity index (χ4v) is 9.69. The van der Waals surface area contributed by atoms with Crippen LogP contribution in [0.2, 0.25) is 16.6 Å². The summed E-state index contributed by atoms with van der Waals surface area (Å²) in [7, 11) is -1.91. The number of ether oxygens (including phenoxy) is 1. The molecule has 1 saturated heterocycles. The summed E-state index contributed by atoms with van der Waals surface area (Å²) in [5.74, 6) is 0. The lowest BCUT2D eigenvalue weighted by atomic mass is 10.1. The summed E-state index contributed by atoms with van der Waals surface area (Å²) < 4.78 is 12.5. The first-order valence-electron chi connectivity index (χ1n) is 9.09. The van der Waals surface area contributed by atoms with Gasteiger partial charge in [-0.25, -0.2) is 0 Å². The first-order chi connectivity index (χ1) is 10.3. The average molecular weight is 329 g/mol. The normalized spacial score (nSPS) is 23.4. The van der Waals surface area contributed by atoms with Gasteiger partial charge in [0.2, 0.25) is 8.32 Å². The Morgan fingerprint density at radius 1 is 1.05 bits per heavy atom. The summed E-state index contributed by atoms with van der Waals surface area (Å²) >= 11 is 0. The Morgan fingerprint density at radius 2 is 1.59 bits per heavy atom. The Kier molecular flexibility index (Phi) is 7.76. The molecule has 0 aliphatic carbocycles. The number of unbranched alkanes of at least 4 members (excludes halogenated alkanes) is 2. The highest BCUT2D eigenvalue weighted by Crippen LogP contribution is 2.45. The van der Waals surface area contributed by atoms with Crippen LogP contribution in [0, 0.1) is 0 Å². The van der Waals surface area contributed by atoms with Crippen molar-refractivity contribution in [3.63, 3.8) is 0 Å². The van der Waals surface area contributed by atoms with E-state index < -0.39 is 8.32 Å². The lowest BCUT2D eigenvalue weighted by Gasteiger charge is -2.44. The minimum absolute atomic E-state index is 0.00233. The van der Waals surface area contributed by atoms with Gasteiger partial charge in [0.1, 0.15) is 12.2 Å². The van der Waals surface area contributed by atoms with E-state index in [1.54, 1.807) is 0 Å². The quantitative estimate of drug-likeness (QED) is 0.229. The summed E-state index contributed by atoms with van der Waals surface area (Å²) in [6, 6.07) is 0. The van der Waals surface area contributed by atoms with Gasteiger partial charge in [0.15, 0.2) is 6.29 Å². The number of carbonyl (C=O) groups excluding carboxylic acids is 1. The van der Waals surface area contributed by atoms with E-state index in [0.717, 1.165) is 19.1 Å². The Bertz CT molecular complexity index is 319. The van der Waals surface area contributed by atoms with Crippen molar-refractivity contribution in [3.8, 4) is 0 Å². The maximum Gasteiger partial charge on any atom is 0.200 e. The van der Waals surface area contributed by atoms with E-state index in [9.17, 15) is 4.79 Å². The lowest BCUT2D eigenvalue weighted by molar-refractivity contribution is -0.108. The zero-order valence-electron chi connectivity index (χ0n) is 15.6. The van der Waals surface area contributed by atoms with Crippen LogP contribution in [-0.4, -0.2) is 32.9 Å². The van der Waals surface area contributed by atoms with Gasteiger partial charge in [-0.15, -0.1) is 0 Å². The lowest BCUT2D eigenvalue weighted by Crippen LogP contribution is -2.51. The zero-order valence-corrected chi connectivity index (χ0v) is 16.6. The molecule has 0 aromatic carbocycles. The third kappa shape index (κ3) is 4.42. The standard InChI is InChI=1S/C18H36O3Si/c1-8-9-10-11-16(18-17(12-19)20-18)21-22(13(2)3,14(4)5)15(6)7/h12-18H,8-11H2,1-7H3/t16-,17-,18-/m0/s1. The SMILES string of the molecule is CCCCC[C@H](O[Si](C(C)C)(C(C)C)C(C)C)[C@@H]1O[C@H]1C=O. The van der Waals surface area contributed by atoms with E-state index in [1.165, 1.54) is 12.8 Å². The van der Waals surface area contributed by atoms with Crippen LogP contribution in [0.5, 0.6) is 0 Å². The van der Waals surface area contributed by atoms with Gasteiger partial charge >= 0.3 is 0 Å². The van der Waals surface area contributed by atoms with Crippen LogP contribution in [0.4, 0.5) is 0 Å². The molecule has 0 bridgehead atoms. The first-order valence-corrected chi connectivity index (χ1v) is 11.2. The van der Waals surface area contributed by atoms with Crippen molar-refractivity contribution in [3.05, 3.63) is 0 Å². The van der Waals surface area contributed by atoms with Gasteiger partial charge in [-0.1, -0.05) is 67.7 Å². The van der Waals surface area contributed by atoms with Gasteiger partial charge in [-0.2, -0.15) is 0 Å². The Hall–Kier alpha value is -0.193. The molecule has 0 spiro atoms. The van der Waals surface area contributed by atoms with E-state index in [-0.39, 0.29) is 18.3 Å². The average Bonchev–Trinajstić information content (AvgIpc) is 3.21. The summed E-state index contributed by atoms with van der Waals surface area (Å²) in [6.45, 7) is 16.1. The smallest absolute Gasteiger partial charge is 0.200 e. The molecule has 0 amide bonds. The van der Waals surface area contributed by atoms with Crippen molar-refractivity contribution < 1.29 is 14.0 Å². The highest BCUT2D eigenvalue weighted by atomic mass is 28.4. The van der Waals surface area contributed by atoms with Crippen LogP contribution < -0.4 is 0 Å². The molecule has 0 unspecified atom stereocenters. The van der Waals surface area contributed by atoms with Crippen molar-refractivity contribution in [1.29, 1.82) is 0 Å². The fraction of sp³-hybridized carbons (Fsp3) is 0.944. The predicted octanol–water partition coefficient (Wildman–Crippen LogP) is 5.09. The highest BCUT2D eigenvalue weighted by Gasteiger charge is 2.52. The molecule has 0 N–H and O–H groups in total. The number of hydrogen-bond acceptors (Lipinski definition) is 3. The number of hydrogen-bond donors (Lipinski definition) is 0. The van der Waals surface area contributed by atoms with E-state index in [2.05, 4.69) is 48.5 Å². The molecule has 0 saturated carbocycles. The van der Waals surface area contributed by atoms with Crippen LogP contribution in [-0.2, 0) is 14.0 Å². The molecule has 22 heavy (non-hydrogen) atoms. The molecule has 1 aliphatic rings. The number of aldehydes is 1. The molecule has 3 nitrogen and oxygen atoms in total. The van der Waals surface area contributed by atoms with Crippen LogP contribution in [0.3, 0.4) is 0 Å².